The molecule has 0 aromatic rings. The summed E-state index contributed by atoms with van der Waals surface area (Å²) in [4.78, 5) is 11.4. The van der Waals surface area contributed by atoms with Gasteiger partial charge in [0.25, 0.3) is 0 Å². The SMILES string of the molecule is CCCCCCC(C)OC(=O)CNCC(C)C. The van der Waals surface area contributed by atoms with E-state index in [9.17, 15) is 4.79 Å². The minimum absolute atomic E-state index is 0.0557. The number of unbranched alkanes of at least 4 members (excludes halogenated alkanes) is 3. The fourth-order valence-corrected chi connectivity index (χ4v) is 1.65. The second-order valence-electron chi connectivity index (χ2n) is 5.17. The molecule has 0 rings (SSSR count). The number of carbonyl (C=O) groups excluding carboxylic acids is 1. The Labute approximate surface area is 106 Å². The van der Waals surface area contributed by atoms with Gasteiger partial charge in [0.1, 0.15) is 0 Å². The average molecular weight is 243 g/mol. The smallest absolute Gasteiger partial charge is 0.320 e. The summed E-state index contributed by atoms with van der Waals surface area (Å²) in [5.74, 6) is 0.433. The van der Waals surface area contributed by atoms with Gasteiger partial charge in [0, 0.05) is 0 Å². The molecule has 0 saturated carbocycles. The zero-order valence-electron chi connectivity index (χ0n) is 11.9. The van der Waals surface area contributed by atoms with E-state index in [2.05, 4.69) is 26.1 Å². The van der Waals surface area contributed by atoms with E-state index in [0.29, 0.717) is 12.5 Å². The monoisotopic (exact) mass is 243 g/mol. The number of nitrogens with one attached hydrogen (secondary N) is 1. The van der Waals surface area contributed by atoms with Crippen molar-refractivity contribution in [1.29, 1.82) is 0 Å². The van der Waals surface area contributed by atoms with Gasteiger partial charge in [0.15, 0.2) is 0 Å². The van der Waals surface area contributed by atoms with Gasteiger partial charge in [-0.3, -0.25) is 4.79 Å². The van der Waals surface area contributed by atoms with Crippen molar-refractivity contribution >= 4 is 5.97 Å². The molecule has 3 nitrogen and oxygen atoms in total. The van der Waals surface area contributed by atoms with Gasteiger partial charge in [-0.25, -0.2) is 0 Å². The molecule has 1 atom stereocenters. The number of hydrogen-bond donors (Lipinski definition) is 1. The number of rotatable bonds is 10. The number of hydrogen-bond acceptors (Lipinski definition) is 3. The molecule has 1 N–H and O–H groups in total. The normalized spacial score (nSPS) is 12.8. The first kappa shape index (κ1) is 16.4. The highest BCUT2D eigenvalue weighted by molar-refractivity contribution is 5.71. The third kappa shape index (κ3) is 11.7. The van der Waals surface area contributed by atoms with Crippen molar-refractivity contribution in [2.75, 3.05) is 13.1 Å². The van der Waals surface area contributed by atoms with Gasteiger partial charge in [-0.05, 0) is 32.2 Å². The first-order valence-corrected chi connectivity index (χ1v) is 6.96. The Morgan fingerprint density at radius 1 is 1.18 bits per heavy atom. The van der Waals surface area contributed by atoms with Crippen LogP contribution in [0.5, 0.6) is 0 Å². The minimum atomic E-state index is -0.131. The van der Waals surface area contributed by atoms with Crippen molar-refractivity contribution in [3.05, 3.63) is 0 Å². The summed E-state index contributed by atoms with van der Waals surface area (Å²) >= 11 is 0. The van der Waals surface area contributed by atoms with Crippen LogP contribution in [0.3, 0.4) is 0 Å². The van der Waals surface area contributed by atoms with E-state index in [1.807, 2.05) is 6.92 Å². The van der Waals surface area contributed by atoms with E-state index in [-0.39, 0.29) is 12.1 Å². The molecule has 0 amide bonds. The molecule has 0 aliphatic heterocycles. The molecule has 0 heterocycles. The maximum atomic E-state index is 11.4. The molecule has 102 valence electrons. The highest BCUT2D eigenvalue weighted by Gasteiger charge is 2.08. The van der Waals surface area contributed by atoms with Crippen LogP contribution in [0.25, 0.3) is 0 Å². The Hall–Kier alpha value is -0.570. The number of carbonyl (C=O) groups is 1. The standard InChI is InChI=1S/C14H29NO2/c1-5-6-7-8-9-13(4)17-14(16)11-15-10-12(2)3/h12-13,15H,5-11H2,1-4H3. The predicted octanol–water partition coefficient (Wildman–Crippen LogP) is 3.13. The molecule has 0 radical (unpaired) electrons. The van der Waals surface area contributed by atoms with Crippen LogP contribution in [0.2, 0.25) is 0 Å². The molecule has 17 heavy (non-hydrogen) atoms. The van der Waals surface area contributed by atoms with E-state index in [1.165, 1.54) is 19.3 Å². The summed E-state index contributed by atoms with van der Waals surface area (Å²) in [6.07, 6.45) is 5.95. The van der Waals surface area contributed by atoms with E-state index >= 15 is 0 Å². The molecule has 0 aliphatic carbocycles. The molecular weight excluding hydrogens is 214 g/mol. The van der Waals surface area contributed by atoms with Crippen LogP contribution in [0, 0.1) is 5.92 Å². The van der Waals surface area contributed by atoms with Crippen LogP contribution in [0.1, 0.15) is 59.8 Å². The van der Waals surface area contributed by atoms with E-state index < -0.39 is 0 Å². The zero-order chi connectivity index (χ0) is 13.1. The summed E-state index contributed by atoms with van der Waals surface area (Å²) in [7, 11) is 0. The highest BCUT2D eigenvalue weighted by atomic mass is 16.5. The fraction of sp³-hybridized carbons (Fsp3) is 0.929. The Bertz CT molecular complexity index is 193. The van der Waals surface area contributed by atoms with Crippen LogP contribution in [0.4, 0.5) is 0 Å². The van der Waals surface area contributed by atoms with Crippen LogP contribution < -0.4 is 5.32 Å². The summed E-state index contributed by atoms with van der Waals surface area (Å²) in [6, 6.07) is 0. The van der Waals surface area contributed by atoms with Crippen molar-refractivity contribution in [3.63, 3.8) is 0 Å². The largest absolute Gasteiger partial charge is 0.462 e. The lowest BCUT2D eigenvalue weighted by Gasteiger charge is -2.14. The molecular formula is C14H29NO2. The van der Waals surface area contributed by atoms with E-state index in [1.54, 1.807) is 0 Å². The van der Waals surface area contributed by atoms with Gasteiger partial charge in [0.05, 0.1) is 12.6 Å². The average Bonchev–Trinajstić information content (AvgIpc) is 2.23. The lowest BCUT2D eigenvalue weighted by Crippen LogP contribution is -2.29. The maximum Gasteiger partial charge on any atom is 0.320 e. The zero-order valence-corrected chi connectivity index (χ0v) is 11.9. The fourth-order valence-electron chi connectivity index (χ4n) is 1.65. The summed E-state index contributed by atoms with van der Waals surface area (Å²) in [5.41, 5.74) is 0. The van der Waals surface area contributed by atoms with Crippen LogP contribution in [0.15, 0.2) is 0 Å². The highest BCUT2D eigenvalue weighted by Crippen LogP contribution is 2.07. The molecule has 1 unspecified atom stereocenters. The van der Waals surface area contributed by atoms with Crippen molar-refractivity contribution in [1.82, 2.24) is 5.32 Å². The van der Waals surface area contributed by atoms with Gasteiger partial charge in [-0.15, -0.1) is 0 Å². The molecule has 3 heteroatoms. The van der Waals surface area contributed by atoms with E-state index in [4.69, 9.17) is 4.74 Å². The molecule has 0 aromatic carbocycles. The molecule has 0 spiro atoms. The minimum Gasteiger partial charge on any atom is -0.462 e. The molecule has 0 fully saturated rings. The van der Waals surface area contributed by atoms with Gasteiger partial charge < -0.3 is 10.1 Å². The second-order valence-corrected chi connectivity index (χ2v) is 5.17. The third-order valence-corrected chi connectivity index (χ3v) is 2.62. The maximum absolute atomic E-state index is 11.4. The molecule has 0 aliphatic rings. The molecule has 0 aromatic heterocycles. The predicted molar refractivity (Wildman–Crippen MR) is 72.0 cm³/mol. The van der Waals surface area contributed by atoms with Crippen molar-refractivity contribution in [3.8, 4) is 0 Å². The van der Waals surface area contributed by atoms with Crippen LogP contribution in [-0.4, -0.2) is 25.2 Å². The summed E-state index contributed by atoms with van der Waals surface area (Å²) in [6.45, 7) is 9.61. The summed E-state index contributed by atoms with van der Waals surface area (Å²) in [5, 5.41) is 3.09. The quantitative estimate of drug-likeness (QED) is 0.473. The Balaban J connectivity index is 3.45. The second kappa shape index (κ2) is 10.6. The van der Waals surface area contributed by atoms with Crippen molar-refractivity contribution in [2.24, 2.45) is 5.92 Å². The summed E-state index contributed by atoms with van der Waals surface area (Å²) < 4.78 is 5.31. The Kier molecular flexibility index (Phi) is 10.2. The van der Waals surface area contributed by atoms with Gasteiger partial charge in [0.2, 0.25) is 0 Å². The Morgan fingerprint density at radius 3 is 2.47 bits per heavy atom. The number of ether oxygens (including phenoxy) is 1. The van der Waals surface area contributed by atoms with Crippen molar-refractivity contribution in [2.45, 2.75) is 65.9 Å². The van der Waals surface area contributed by atoms with Crippen molar-refractivity contribution < 1.29 is 9.53 Å². The van der Waals surface area contributed by atoms with Gasteiger partial charge in [-0.2, -0.15) is 0 Å². The van der Waals surface area contributed by atoms with Crippen LogP contribution >= 0.6 is 0 Å². The Morgan fingerprint density at radius 2 is 1.88 bits per heavy atom. The number of esters is 1. The third-order valence-electron chi connectivity index (χ3n) is 2.62. The van der Waals surface area contributed by atoms with Gasteiger partial charge >= 0.3 is 5.97 Å². The lowest BCUT2D eigenvalue weighted by molar-refractivity contribution is -0.147. The topological polar surface area (TPSA) is 38.3 Å². The van der Waals surface area contributed by atoms with E-state index in [0.717, 1.165) is 19.4 Å². The van der Waals surface area contributed by atoms with Crippen LogP contribution in [-0.2, 0) is 9.53 Å². The molecule has 0 saturated heterocycles. The first-order valence-electron chi connectivity index (χ1n) is 6.96. The molecule has 0 bridgehead atoms. The lowest BCUT2D eigenvalue weighted by atomic mass is 10.1. The first-order chi connectivity index (χ1) is 8.06. The van der Waals surface area contributed by atoms with Gasteiger partial charge in [-0.1, -0.05) is 40.0 Å².